The van der Waals surface area contributed by atoms with Crippen LogP contribution in [0.3, 0.4) is 0 Å². The Morgan fingerprint density at radius 1 is 1.12 bits per heavy atom. The molecule has 6 nitrogen and oxygen atoms in total. The predicted molar refractivity (Wildman–Crippen MR) is 96.2 cm³/mol. The minimum atomic E-state index is -1.03. The highest BCUT2D eigenvalue weighted by atomic mass is 32.2. The lowest BCUT2D eigenvalue weighted by Crippen LogP contribution is -2.47. The van der Waals surface area contributed by atoms with Crippen molar-refractivity contribution in [3.05, 3.63) is 30.3 Å². The molecule has 7 heteroatoms. The number of rotatable bonds is 6. The van der Waals surface area contributed by atoms with Crippen LogP contribution in [0.25, 0.3) is 0 Å². The van der Waals surface area contributed by atoms with Gasteiger partial charge in [-0.05, 0) is 38.8 Å². The van der Waals surface area contributed by atoms with E-state index in [4.69, 9.17) is 4.74 Å². The lowest BCUT2D eigenvalue weighted by atomic mass is 10.2. The SMILES string of the molecule is C[C@H](OC(=O)[C@@H](C)Sc1ccccc1)C(=O)NC(=O)NC1CCCC1. The third kappa shape index (κ3) is 6.42. The van der Waals surface area contributed by atoms with Gasteiger partial charge in [0.1, 0.15) is 5.25 Å². The number of esters is 1. The Morgan fingerprint density at radius 2 is 1.76 bits per heavy atom. The molecule has 1 fully saturated rings. The van der Waals surface area contributed by atoms with Crippen LogP contribution in [0.5, 0.6) is 0 Å². The molecular weight excluding hydrogens is 340 g/mol. The van der Waals surface area contributed by atoms with Crippen molar-refractivity contribution >= 4 is 29.7 Å². The largest absolute Gasteiger partial charge is 0.452 e. The summed E-state index contributed by atoms with van der Waals surface area (Å²) in [4.78, 5) is 36.8. The lowest BCUT2D eigenvalue weighted by molar-refractivity contribution is -0.153. The number of carbonyl (C=O) groups excluding carboxylic acids is 3. The van der Waals surface area contributed by atoms with Crippen LogP contribution >= 0.6 is 11.8 Å². The second-order valence-electron chi connectivity index (χ2n) is 6.10. The quantitative estimate of drug-likeness (QED) is 0.599. The average Bonchev–Trinajstić information content (AvgIpc) is 3.08. The minimum absolute atomic E-state index is 0.118. The molecule has 136 valence electrons. The third-order valence-corrected chi connectivity index (χ3v) is 5.07. The molecule has 0 radical (unpaired) electrons. The molecule has 2 N–H and O–H groups in total. The van der Waals surface area contributed by atoms with Gasteiger partial charge in [0.05, 0.1) is 0 Å². The molecule has 0 aliphatic heterocycles. The Bertz CT molecular complexity index is 602. The molecule has 2 rings (SSSR count). The van der Waals surface area contributed by atoms with E-state index >= 15 is 0 Å². The highest BCUT2D eigenvalue weighted by Crippen LogP contribution is 2.23. The molecule has 0 spiro atoms. The van der Waals surface area contributed by atoms with Gasteiger partial charge in [-0.25, -0.2) is 4.79 Å². The normalized spacial score (nSPS) is 16.7. The molecule has 25 heavy (non-hydrogen) atoms. The minimum Gasteiger partial charge on any atom is -0.452 e. The summed E-state index contributed by atoms with van der Waals surface area (Å²) in [5.74, 6) is -1.12. The van der Waals surface area contributed by atoms with E-state index in [0.717, 1.165) is 30.6 Å². The molecule has 1 aliphatic carbocycles. The van der Waals surface area contributed by atoms with E-state index in [1.54, 1.807) is 6.92 Å². The van der Waals surface area contributed by atoms with Crippen LogP contribution in [0.2, 0.25) is 0 Å². The smallest absolute Gasteiger partial charge is 0.321 e. The van der Waals surface area contributed by atoms with Gasteiger partial charge in [0, 0.05) is 10.9 Å². The summed E-state index contributed by atoms with van der Waals surface area (Å²) >= 11 is 1.36. The Morgan fingerprint density at radius 3 is 2.40 bits per heavy atom. The fourth-order valence-electron chi connectivity index (χ4n) is 2.58. The van der Waals surface area contributed by atoms with Crippen LogP contribution < -0.4 is 10.6 Å². The highest BCUT2D eigenvalue weighted by Gasteiger charge is 2.25. The van der Waals surface area contributed by atoms with Crippen LogP contribution in [0.4, 0.5) is 4.79 Å². The van der Waals surface area contributed by atoms with Gasteiger partial charge in [0.2, 0.25) is 0 Å². The molecule has 1 aliphatic rings. The number of benzene rings is 1. The number of imide groups is 1. The Hall–Kier alpha value is -2.02. The van der Waals surface area contributed by atoms with Crippen molar-refractivity contribution in [2.75, 3.05) is 0 Å². The molecule has 1 saturated carbocycles. The van der Waals surface area contributed by atoms with Gasteiger partial charge in [0.15, 0.2) is 6.10 Å². The summed E-state index contributed by atoms with van der Waals surface area (Å²) in [7, 11) is 0. The summed E-state index contributed by atoms with van der Waals surface area (Å²) in [6.45, 7) is 3.17. The van der Waals surface area contributed by atoms with Crippen molar-refractivity contribution in [1.29, 1.82) is 0 Å². The number of thioether (sulfide) groups is 1. The first-order chi connectivity index (χ1) is 12.0. The second kappa shape index (κ2) is 9.46. The average molecular weight is 364 g/mol. The highest BCUT2D eigenvalue weighted by molar-refractivity contribution is 8.00. The zero-order chi connectivity index (χ0) is 18.2. The molecule has 0 bridgehead atoms. The number of nitrogens with one attached hydrogen (secondary N) is 2. The molecule has 3 amide bonds. The molecular formula is C18H24N2O4S. The van der Waals surface area contributed by atoms with E-state index in [-0.39, 0.29) is 6.04 Å². The van der Waals surface area contributed by atoms with Crippen molar-refractivity contribution in [3.63, 3.8) is 0 Å². The van der Waals surface area contributed by atoms with E-state index in [2.05, 4.69) is 10.6 Å². The van der Waals surface area contributed by atoms with Crippen molar-refractivity contribution in [3.8, 4) is 0 Å². The second-order valence-corrected chi connectivity index (χ2v) is 7.51. The fraction of sp³-hybridized carbons (Fsp3) is 0.500. The van der Waals surface area contributed by atoms with Gasteiger partial charge >= 0.3 is 12.0 Å². The van der Waals surface area contributed by atoms with Crippen LogP contribution in [0.1, 0.15) is 39.5 Å². The molecule has 0 saturated heterocycles. The Labute approximate surface area is 152 Å². The van der Waals surface area contributed by atoms with Gasteiger partial charge in [-0.1, -0.05) is 31.0 Å². The molecule has 0 heterocycles. The van der Waals surface area contributed by atoms with Crippen molar-refractivity contribution in [2.45, 2.75) is 61.8 Å². The molecule has 0 unspecified atom stereocenters. The van der Waals surface area contributed by atoms with Gasteiger partial charge in [-0.2, -0.15) is 0 Å². The van der Waals surface area contributed by atoms with E-state index in [1.807, 2.05) is 30.3 Å². The van der Waals surface area contributed by atoms with Crippen LogP contribution in [-0.2, 0) is 14.3 Å². The lowest BCUT2D eigenvalue weighted by Gasteiger charge is -2.17. The zero-order valence-corrected chi connectivity index (χ0v) is 15.3. The Balaban J connectivity index is 1.75. The molecule has 0 aromatic heterocycles. The monoisotopic (exact) mass is 364 g/mol. The first-order valence-corrected chi connectivity index (χ1v) is 9.37. The van der Waals surface area contributed by atoms with Crippen LogP contribution in [0.15, 0.2) is 35.2 Å². The first kappa shape index (κ1) is 19.3. The third-order valence-electron chi connectivity index (χ3n) is 3.98. The number of hydrogen-bond donors (Lipinski definition) is 2. The number of carbonyl (C=O) groups is 3. The zero-order valence-electron chi connectivity index (χ0n) is 14.5. The summed E-state index contributed by atoms with van der Waals surface area (Å²) in [6, 6.07) is 9.06. The molecule has 1 aromatic carbocycles. The van der Waals surface area contributed by atoms with E-state index in [0.29, 0.717) is 0 Å². The first-order valence-electron chi connectivity index (χ1n) is 8.49. The van der Waals surface area contributed by atoms with Crippen molar-refractivity contribution in [2.24, 2.45) is 0 Å². The van der Waals surface area contributed by atoms with Gasteiger partial charge < -0.3 is 10.1 Å². The van der Waals surface area contributed by atoms with E-state index < -0.39 is 29.3 Å². The number of ether oxygens (including phenoxy) is 1. The van der Waals surface area contributed by atoms with E-state index in [9.17, 15) is 14.4 Å². The number of hydrogen-bond acceptors (Lipinski definition) is 5. The topological polar surface area (TPSA) is 84.5 Å². The summed E-state index contributed by atoms with van der Waals surface area (Å²) in [5.41, 5.74) is 0. The standard InChI is InChI=1S/C18H24N2O4S/c1-12(16(21)20-18(23)19-14-8-6-7-9-14)24-17(22)13(2)25-15-10-4-3-5-11-15/h3-5,10-14H,6-9H2,1-2H3,(H2,19,20,21,23)/t12-,13+/m0/s1. The van der Waals surface area contributed by atoms with Crippen LogP contribution in [-0.4, -0.2) is 35.3 Å². The van der Waals surface area contributed by atoms with Crippen LogP contribution in [0, 0.1) is 0 Å². The number of urea groups is 1. The van der Waals surface area contributed by atoms with E-state index in [1.165, 1.54) is 18.7 Å². The van der Waals surface area contributed by atoms with Crippen molar-refractivity contribution < 1.29 is 19.1 Å². The number of amides is 3. The Kier molecular flexibility index (Phi) is 7.31. The summed E-state index contributed by atoms with van der Waals surface area (Å²) in [6.07, 6.45) is 3.01. The maximum absolute atomic E-state index is 12.1. The van der Waals surface area contributed by atoms with Crippen molar-refractivity contribution in [1.82, 2.24) is 10.6 Å². The summed E-state index contributed by atoms with van der Waals surface area (Å²) < 4.78 is 5.17. The predicted octanol–water partition coefficient (Wildman–Crippen LogP) is 2.87. The molecule has 1 aromatic rings. The fourth-order valence-corrected chi connectivity index (χ4v) is 3.45. The van der Waals surface area contributed by atoms with Gasteiger partial charge in [-0.15, -0.1) is 11.8 Å². The van der Waals surface area contributed by atoms with Gasteiger partial charge in [-0.3, -0.25) is 14.9 Å². The van der Waals surface area contributed by atoms with Gasteiger partial charge in [0.25, 0.3) is 5.91 Å². The summed E-state index contributed by atoms with van der Waals surface area (Å²) in [5, 5.41) is 4.53. The maximum Gasteiger partial charge on any atom is 0.321 e. The maximum atomic E-state index is 12.1. The molecule has 2 atom stereocenters.